The van der Waals surface area contributed by atoms with E-state index in [1.807, 2.05) is 6.07 Å². The van der Waals surface area contributed by atoms with Gasteiger partial charge >= 0.3 is 0 Å². The molecule has 0 saturated carbocycles. The van der Waals surface area contributed by atoms with Crippen molar-refractivity contribution in [2.24, 2.45) is 0 Å². The Kier molecular flexibility index (Phi) is 14.2. The minimum Gasteiger partial charge on any atom is -1.00 e. The van der Waals surface area contributed by atoms with Crippen LogP contribution in [0.15, 0.2) is 30.3 Å². The number of methoxy groups -OCH3 is 1. The molecule has 0 radical (unpaired) electrons. The number of rotatable bonds is 16. The lowest BCUT2D eigenvalue weighted by molar-refractivity contribution is -0.546. The Balaban J connectivity index is 0.00000481. The highest BCUT2D eigenvalue weighted by atomic mass is 79.9. The number of nitrogens with zero attached hydrogens (tertiary/aromatic N) is 1. The third-order valence-electron chi connectivity index (χ3n) is 7.19. The molecule has 0 amide bonds. The zero-order valence-corrected chi connectivity index (χ0v) is 24.5. The summed E-state index contributed by atoms with van der Waals surface area (Å²) in [5.74, 6) is 0.637. The first-order valence-electron chi connectivity index (χ1n) is 14.0. The number of fused-ring (bicyclic) bond motifs is 1. The van der Waals surface area contributed by atoms with Gasteiger partial charge in [0.1, 0.15) is 18.2 Å². The zero-order valence-electron chi connectivity index (χ0n) is 22.9. The van der Waals surface area contributed by atoms with Crippen molar-refractivity contribution in [3.8, 4) is 11.5 Å². The van der Waals surface area contributed by atoms with Gasteiger partial charge in [-0.3, -0.25) is 0 Å². The van der Waals surface area contributed by atoms with Crippen LogP contribution in [0.1, 0.15) is 101 Å². The van der Waals surface area contributed by atoms with E-state index in [0.717, 1.165) is 60.4 Å². The summed E-state index contributed by atoms with van der Waals surface area (Å²) < 4.78 is 43.2. The molecule has 6 heteroatoms. The van der Waals surface area contributed by atoms with E-state index < -0.39 is 11.6 Å². The average Bonchev–Trinajstić information content (AvgIpc) is 2.88. The molecule has 0 unspecified atom stereocenters. The van der Waals surface area contributed by atoms with Gasteiger partial charge in [-0.15, -0.1) is 0 Å². The molecule has 0 bridgehead atoms. The lowest BCUT2D eigenvalue weighted by Gasteiger charge is -2.23. The van der Waals surface area contributed by atoms with E-state index in [-0.39, 0.29) is 29.1 Å². The van der Waals surface area contributed by atoms with Gasteiger partial charge in [0, 0.05) is 24.0 Å². The van der Waals surface area contributed by atoms with Crippen molar-refractivity contribution in [1.29, 1.82) is 0 Å². The molecule has 1 aliphatic rings. The fraction of sp³-hybridized carbons (Fsp3) is 0.581. The highest BCUT2D eigenvalue weighted by Gasteiger charge is 2.30. The topological polar surface area (TPSA) is 21.5 Å². The summed E-state index contributed by atoms with van der Waals surface area (Å²) in [7, 11) is 1.69. The zero-order chi connectivity index (χ0) is 25.8. The highest BCUT2D eigenvalue weighted by Crippen LogP contribution is 2.37. The van der Waals surface area contributed by atoms with Crippen molar-refractivity contribution in [2.45, 2.75) is 97.4 Å². The van der Waals surface area contributed by atoms with Crippen LogP contribution in [0.3, 0.4) is 0 Å². The summed E-state index contributed by atoms with van der Waals surface area (Å²) >= 11 is 0. The molecule has 0 aliphatic carbocycles. The van der Waals surface area contributed by atoms with Crippen LogP contribution >= 0.6 is 0 Å². The lowest BCUT2D eigenvalue weighted by Crippen LogP contribution is -3.00. The first kappa shape index (κ1) is 31.3. The molecule has 2 aromatic rings. The second-order valence-corrected chi connectivity index (χ2v) is 9.87. The fourth-order valence-corrected chi connectivity index (χ4v) is 5.11. The van der Waals surface area contributed by atoms with Gasteiger partial charge in [-0.25, -0.2) is 13.4 Å². The number of ether oxygens (including phenoxy) is 2. The summed E-state index contributed by atoms with van der Waals surface area (Å²) in [5, 5.41) is 0. The normalized spacial score (nSPS) is 12.8. The molecule has 0 saturated heterocycles. The molecule has 0 aromatic heterocycles. The van der Waals surface area contributed by atoms with Crippen molar-refractivity contribution in [3.05, 3.63) is 58.7 Å². The minimum absolute atomic E-state index is 0. The predicted molar refractivity (Wildman–Crippen MR) is 144 cm³/mol. The van der Waals surface area contributed by atoms with Gasteiger partial charge in [0.25, 0.3) is 0 Å². The molecular formula is C31H44BrF2NO2. The Hall–Kier alpha value is -1.95. The van der Waals surface area contributed by atoms with E-state index in [0.29, 0.717) is 13.2 Å². The van der Waals surface area contributed by atoms with Gasteiger partial charge in [0.2, 0.25) is 0 Å². The Labute approximate surface area is 233 Å². The smallest absolute Gasteiger partial charge is 0.184 e. The number of benzene rings is 2. The number of unbranched alkanes of at least 4 members (excludes halogenated alkanes) is 8. The third kappa shape index (κ3) is 8.80. The van der Waals surface area contributed by atoms with Gasteiger partial charge in [-0.2, -0.15) is 0 Å². The van der Waals surface area contributed by atoms with Crippen LogP contribution in [-0.2, 0) is 13.0 Å². The maximum absolute atomic E-state index is 14.5. The van der Waals surface area contributed by atoms with Gasteiger partial charge < -0.3 is 26.5 Å². The van der Waals surface area contributed by atoms with E-state index in [4.69, 9.17) is 9.47 Å². The maximum atomic E-state index is 14.5. The van der Waals surface area contributed by atoms with Crippen LogP contribution in [0.4, 0.5) is 8.78 Å². The lowest BCUT2D eigenvalue weighted by atomic mass is 9.92. The van der Waals surface area contributed by atoms with E-state index in [1.165, 1.54) is 63.1 Å². The molecule has 0 spiro atoms. The molecule has 0 atom stereocenters. The molecule has 3 nitrogen and oxygen atoms in total. The second-order valence-electron chi connectivity index (χ2n) is 9.87. The fourth-order valence-electron chi connectivity index (χ4n) is 5.11. The van der Waals surface area contributed by atoms with Crippen molar-refractivity contribution < 1.29 is 39.8 Å². The first-order valence-corrected chi connectivity index (χ1v) is 14.0. The van der Waals surface area contributed by atoms with Crippen LogP contribution in [0, 0.1) is 11.6 Å². The van der Waals surface area contributed by atoms with Crippen molar-refractivity contribution in [1.82, 2.24) is 0 Å². The van der Waals surface area contributed by atoms with Crippen molar-refractivity contribution >= 4 is 5.71 Å². The molecule has 206 valence electrons. The van der Waals surface area contributed by atoms with Gasteiger partial charge in [-0.05, 0) is 37.1 Å². The Morgan fingerprint density at radius 3 is 2.16 bits per heavy atom. The quantitative estimate of drug-likeness (QED) is 0.200. The van der Waals surface area contributed by atoms with Crippen LogP contribution in [-0.4, -0.2) is 30.5 Å². The number of halogens is 3. The molecule has 0 N–H and O–H groups in total. The molecular weight excluding hydrogens is 536 g/mol. The largest absolute Gasteiger partial charge is 1.00 e. The van der Waals surface area contributed by atoms with Gasteiger partial charge in [0.05, 0.1) is 19.3 Å². The summed E-state index contributed by atoms with van der Waals surface area (Å²) in [6.45, 7) is 6.05. The van der Waals surface area contributed by atoms with E-state index in [1.54, 1.807) is 7.11 Å². The summed E-state index contributed by atoms with van der Waals surface area (Å²) in [6.07, 6.45) is 13.5. The van der Waals surface area contributed by atoms with E-state index in [2.05, 4.69) is 24.5 Å². The predicted octanol–water partition coefficient (Wildman–Crippen LogP) is 5.25. The highest BCUT2D eigenvalue weighted by molar-refractivity contribution is 5.99. The van der Waals surface area contributed by atoms with Crippen molar-refractivity contribution in [3.63, 3.8) is 0 Å². The second kappa shape index (κ2) is 16.8. The van der Waals surface area contributed by atoms with Crippen LogP contribution in [0.5, 0.6) is 11.5 Å². The summed E-state index contributed by atoms with van der Waals surface area (Å²) in [6, 6.07) is 8.20. The van der Waals surface area contributed by atoms with Crippen LogP contribution < -0.4 is 26.5 Å². The Morgan fingerprint density at radius 2 is 1.49 bits per heavy atom. The Morgan fingerprint density at radius 1 is 0.838 bits per heavy atom. The monoisotopic (exact) mass is 579 g/mol. The molecule has 1 aliphatic heterocycles. The molecule has 3 rings (SSSR count). The number of hydrogen-bond donors (Lipinski definition) is 0. The average molecular weight is 581 g/mol. The minimum atomic E-state index is -0.483. The summed E-state index contributed by atoms with van der Waals surface area (Å²) in [5.41, 5.74) is 3.59. The molecule has 37 heavy (non-hydrogen) atoms. The van der Waals surface area contributed by atoms with Gasteiger partial charge in [-0.1, -0.05) is 71.3 Å². The van der Waals surface area contributed by atoms with Gasteiger partial charge in [0.15, 0.2) is 23.8 Å². The van der Waals surface area contributed by atoms with Crippen LogP contribution in [0.2, 0.25) is 0 Å². The summed E-state index contributed by atoms with van der Waals surface area (Å²) in [4.78, 5) is 0. The molecule has 0 fully saturated rings. The van der Waals surface area contributed by atoms with E-state index in [9.17, 15) is 8.78 Å². The number of hydrogen-bond acceptors (Lipinski definition) is 2. The standard InChI is InChI=1S/C31H44F2NO2.BrH/c1-4-6-8-10-11-13-22-36-31-25-20-21-34(23-26-27(32)15-14-16-28(26)33)29(17-12-9-7-5-2)24(25)18-19-30(31)35-3;/h14-16,18-19H,4-13,17,20-23H2,1-3H3;1H/q+1;/p-1. The van der Waals surface area contributed by atoms with Crippen LogP contribution in [0.25, 0.3) is 0 Å². The SMILES string of the molecule is CCCCCCCCOc1c(OC)ccc2c1CC[N+](Cc1c(F)cccc1F)=C2CCCCCC.[Br-]. The van der Waals surface area contributed by atoms with E-state index >= 15 is 0 Å². The van der Waals surface area contributed by atoms with Crippen molar-refractivity contribution in [2.75, 3.05) is 20.3 Å². The third-order valence-corrected chi connectivity index (χ3v) is 7.19. The first-order chi connectivity index (χ1) is 17.6. The molecule has 1 heterocycles. The maximum Gasteiger partial charge on any atom is 0.184 e. The Bertz CT molecular complexity index is 989. The molecule has 2 aromatic carbocycles.